The van der Waals surface area contributed by atoms with E-state index in [0.717, 1.165) is 5.01 Å². The first-order valence-corrected chi connectivity index (χ1v) is 6.60. The Morgan fingerprint density at radius 1 is 1.53 bits per heavy atom. The molecule has 7 heteroatoms. The molecule has 0 atom stereocenters. The first-order valence-electron chi connectivity index (χ1n) is 5.72. The summed E-state index contributed by atoms with van der Waals surface area (Å²) in [7, 11) is 0. The summed E-state index contributed by atoms with van der Waals surface area (Å²) in [5.74, 6) is -0.783. The van der Waals surface area contributed by atoms with Crippen LogP contribution in [0.1, 0.15) is 21.2 Å². The summed E-state index contributed by atoms with van der Waals surface area (Å²) in [6.45, 7) is 0.531. The van der Waals surface area contributed by atoms with Crippen molar-refractivity contribution in [3.63, 3.8) is 0 Å². The molecule has 0 aliphatic heterocycles. The standard InChI is InChI=1S/C12H13FN4OS/c13-8-2-1-5-15-9(8)6-16-12(18)10-7-19-11(17-10)3-4-14/h1-2,5,7H,3-4,6,14H2,(H,16,18). The molecule has 5 nitrogen and oxygen atoms in total. The minimum absolute atomic E-state index is 0.0370. The zero-order valence-electron chi connectivity index (χ0n) is 10.1. The van der Waals surface area contributed by atoms with Crippen molar-refractivity contribution >= 4 is 17.2 Å². The Balaban J connectivity index is 1.95. The fourth-order valence-corrected chi connectivity index (χ4v) is 2.25. The molecule has 2 rings (SSSR count). The number of rotatable bonds is 5. The smallest absolute Gasteiger partial charge is 0.271 e. The van der Waals surface area contributed by atoms with Gasteiger partial charge in [0.2, 0.25) is 0 Å². The minimum atomic E-state index is -0.440. The van der Waals surface area contributed by atoms with Gasteiger partial charge in [-0.15, -0.1) is 11.3 Å². The van der Waals surface area contributed by atoms with Crippen LogP contribution >= 0.6 is 11.3 Å². The van der Waals surface area contributed by atoms with E-state index >= 15 is 0 Å². The van der Waals surface area contributed by atoms with Gasteiger partial charge in [0, 0.05) is 18.0 Å². The molecule has 2 aromatic rings. The van der Waals surface area contributed by atoms with Crippen LogP contribution in [-0.4, -0.2) is 22.4 Å². The molecule has 100 valence electrons. The van der Waals surface area contributed by atoms with E-state index < -0.39 is 5.82 Å². The molecule has 2 heterocycles. The van der Waals surface area contributed by atoms with Crippen molar-refractivity contribution in [3.8, 4) is 0 Å². The number of nitrogens with zero attached hydrogens (tertiary/aromatic N) is 2. The average Bonchev–Trinajstić information content (AvgIpc) is 2.87. The highest BCUT2D eigenvalue weighted by Gasteiger charge is 2.11. The van der Waals surface area contributed by atoms with E-state index in [9.17, 15) is 9.18 Å². The van der Waals surface area contributed by atoms with E-state index in [-0.39, 0.29) is 18.1 Å². The van der Waals surface area contributed by atoms with Crippen LogP contribution in [0.2, 0.25) is 0 Å². The first kappa shape index (κ1) is 13.6. The number of carbonyl (C=O) groups excluding carboxylic acids is 1. The number of pyridine rings is 1. The summed E-state index contributed by atoms with van der Waals surface area (Å²) in [6, 6.07) is 2.80. The van der Waals surface area contributed by atoms with Crippen LogP contribution < -0.4 is 11.1 Å². The lowest BCUT2D eigenvalue weighted by molar-refractivity contribution is 0.0945. The van der Waals surface area contributed by atoms with Gasteiger partial charge in [-0.25, -0.2) is 9.37 Å². The Morgan fingerprint density at radius 2 is 2.37 bits per heavy atom. The van der Waals surface area contributed by atoms with Gasteiger partial charge in [0.15, 0.2) is 0 Å². The highest BCUT2D eigenvalue weighted by molar-refractivity contribution is 7.09. The SMILES string of the molecule is NCCc1nc(C(=O)NCc2ncccc2F)cs1. The van der Waals surface area contributed by atoms with Crippen LogP contribution in [0, 0.1) is 5.82 Å². The number of nitrogens with one attached hydrogen (secondary N) is 1. The molecule has 19 heavy (non-hydrogen) atoms. The number of nitrogens with two attached hydrogens (primary N) is 1. The van der Waals surface area contributed by atoms with Gasteiger partial charge in [0.1, 0.15) is 11.5 Å². The van der Waals surface area contributed by atoms with Gasteiger partial charge < -0.3 is 11.1 Å². The number of carbonyl (C=O) groups is 1. The molecule has 0 saturated carbocycles. The van der Waals surface area contributed by atoms with Crippen LogP contribution in [-0.2, 0) is 13.0 Å². The maximum Gasteiger partial charge on any atom is 0.271 e. The number of hydrogen-bond donors (Lipinski definition) is 2. The van der Waals surface area contributed by atoms with Crippen molar-refractivity contribution in [2.75, 3.05) is 6.54 Å². The number of aromatic nitrogens is 2. The van der Waals surface area contributed by atoms with Crippen molar-refractivity contribution in [1.82, 2.24) is 15.3 Å². The Hall–Kier alpha value is -1.86. The van der Waals surface area contributed by atoms with Crippen molar-refractivity contribution in [2.45, 2.75) is 13.0 Å². The molecule has 0 unspecified atom stereocenters. The quantitative estimate of drug-likeness (QED) is 0.859. The monoisotopic (exact) mass is 280 g/mol. The fourth-order valence-electron chi connectivity index (χ4n) is 1.46. The lowest BCUT2D eigenvalue weighted by Gasteiger charge is -2.03. The molecule has 0 aliphatic rings. The molecule has 1 amide bonds. The molecule has 0 spiro atoms. The summed E-state index contributed by atoms with van der Waals surface area (Å²) >= 11 is 1.39. The van der Waals surface area contributed by atoms with Gasteiger partial charge in [0.05, 0.1) is 17.2 Å². The highest BCUT2D eigenvalue weighted by atomic mass is 32.1. The third-order valence-electron chi connectivity index (χ3n) is 2.39. The second kappa shape index (κ2) is 6.35. The van der Waals surface area contributed by atoms with Gasteiger partial charge in [-0.1, -0.05) is 0 Å². The van der Waals surface area contributed by atoms with E-state index in [1.54, 1.807) is 5.38 Å². The van der Waals surface area contributed by atoms with Gasteiger partial charge in [0.25, 0.3) is 5.91 Å². The van der Waals surface area contributed by atoms with Crippen molar-refractivity contribution in [1.29, 1.82) is 0 Å². The minimum Gasteiger partial charge on any atom is -0.345 e. The molecular weight excluding hydrogens is 267 g/mol. The van der Waals surface area contributed by atoms with Gasteiger partial charge >= 0.3 is 0 Å². The summed E-state index contributed by atoms with van der Waals surface area (Å²) in [5, 5.41) is 5.06. The van der Waals surface area contributed by atoms with Gasteiger partial charge in [-0.05, 0) is 18.7 Å². The number of halogens is 1. The molecule has 2 aromatic heterocycles. The summed E-state index contributed by atoms with van der Waals surface area (Å²) in [4.78, 5) is 19.8. The molecule has 0 radical (unpaired) electrons. The maximum absolute atomic E-state index is 13.3. The number of amides is 1. The zero-order chi connectivity index (χ0) is 13.7. The largest absolute Gasteiger partial charge is 0.345 e. The van der Waals surface area contributed by atoms with E-state index in [0.29, 0.717) is 18.7 Å². The second-order valence-corrected chi connectivity index (χ2v) is 4.72. The molecule has 0 bridgehead atoms. The van der Waals surface area contributed by atoms with Crippen molar-refractivity contribution < 1.29 is 9.18 Å². The van der Waals surface area contributed by atoms with Gasteiger partial charge in [-0.2, -0.15) is 0 Å². The third kappa shape index (κ3) is 3.55. The van der Waals surface area contributed by atoms with E-state index in [1.165, 1.54) is 29.7 Å². The lowest BCUT2D eigenvalue weighted by atomic mass is 10.3. The molecule has 0 aliphatic carbocycles. The number of thiazole rings is 1. The lowest BCUT2D eigenvalue weighted by Crippen LogP contribution is -2.24. The van der Waals surface area contributed by atoms with Crippen LogP contribution in [0.25, 0.3) is 0 Å². The van der Waals surface area contributed by atoms with Crippen molar-refractivity contribution in [3.05, 3.63) is 45.9 Å². The van der Waals surface area contributed by atoms with Crippen LogP contribution in [0.4, 0.5) is 4.39 Å². The highest BCUT2D eigenvalue weighted by Crippen LogP contribution is 2.10. The van der Waals surface area contributed by atoms with E-state index in [1.807, 2.05) is 0 Å². The Kier molecular flexibility index (Phi) is 4.53. The predicted molar refractivity (Wildman–Crippen MR) is 70.2 cm³/mol. The first-order chi connectivity index (χ1) is 9.20. The summed E-state index contributed by atoms with van der Waals surface area (Å²) < 4.78 is 13.3. The summed E-state index contributed by atoms with van der Waals surface area (Å²) in [6.07, 6.45) is 2.12. The average molecular weight is 280 g/mol. The third-order valence-corrected chi connectivity index (χ3v) is 3.30. The molecule has 0 aromatic carbocycles. The molecule has 0 fully saturated rings. The Labute approximate surface area is 113 Å². The summed E-state index contributed by atoms with van der Waals surface area (Å²) in [5.41, 5.74) is 5.94. The normalized spacial score (nSPS) is 10.4. The molecule has 0 saturated heterocycles. The van der Waals surface area contributed by atoms with Crippen LogP contribution in [0.15, 0.2) is 23.7 Å². The van der Waals surface area contributed by atoms with E-state index in [2.05, 4.69) is 15.3 Å². The van der Waals surface area contributed by atoms with Crippen LogP contribution in [0.5, 0.6) is 0 Å². The molecular formula is C12H13FN4OS. The van der Waals surface area contributed by atoms with Gasteiger partial charge in [-0.3, -0.25) is 9.78 Å². The maximum atomic E-state index is 13.3. The fraction of sp³-hybridized carbons (Fsp3) is 0.250. The zero-order valence-corrected chi connectivity index (χ0v) is 10.9. The van der Waals surface area contributed by atoms with Crippen LogP contribution in [0.3, 0.4) is 0 Å². The van der Waals surface area contributed by atoms with Crippen molar-refractivity contribution in [2.24, 2.45) is 5.73 Å². The Morgan fingerprint density at radius 3 is 3.11 bits per heavy atom. The number of hydrogen-bond acceptors (Lipinski definition) is 5. The predicted octanol–water partition coefficient (Wildman–Crippen LogP) is 1.11. The second-order valence-electron chi connectivity index (χ2n) is 3.78. The molecule has 3 N–H and O–H groups in total. The van der Waals surface area contributed by atoms with E-state index in [4.69, 9.17) is 5.73 Å². The Bertz CT molecular complexity index is 572. The topological polar surface area (TPSA) is 80.9 Å².